The summed E-state index contributed by atoms with van der Waals surface area (Å²) in [7, 11) is 0. The van der Waals surface area contributed by atoms with Crippen LogP contribution in [0.15, 0.2) is 109 Å². The molecule has 43 heavy (non-hydrogen) atoms. The first-order valence-corrected chi connectivity index (χ1v) is 17.4. The highest BCUT2D eigenvalue weighted by molar-refractivity contribution is 7.90. The molecule has 4 aromatic rings. The van der Waals surface area contributed by atoms with Crippen LogP contribution in [-0.2, 0) is 12.8 Å². The molecule has 0 N–H and O–H groups in total. The van der Waals surface area contributed by atoms with E-state index in [0.717, 1.165) is 17.7 Å². The van der Waals surface area contributed by atoms with Crippen LogP contribution in [0.4, 0.5) is 0 Å². The van der Waals surface area contributed by atoms with Gasteiger partial charge in [0.2, 0.25) is 0 Å². The second-order valence-electron chi connectivity index (χ2n) is 11.0. The summed E-state index contributed by atoms with van der Waals surface area (Å²) in [6.07, 6.45) is 28.7. The summed E-state index contributed by atoms with van der Waals surface area (Å²) in [6.45, 7) is 4.58. The van der Waals surface area contributed by atoms with Crippen LogP contribution in [0.3, 0.4) is 0 Å². The van der Waals surface area contributed by atoms with E-state index < -0.39 is 0 Å². The first-order valence-electron chi connectivity index (χ1n) is 16.1. The molecular formula is C41H50S2. The second kappa shape index (κ2) is 20.1. The molecule has 0 atom stereocenters. The van der Waals surface area contributed by atoms with Crippen LogP contribution < -0.4 is 0 Å². The maximum absolute atomic E-state index is 4.92. The topological polar surface area (TPSA) is 0 Å². The molecule has 4 rings (SSSR count). The Hall–Kier alpha value is -2.94. The molecular weight excluding hydrogens is 557 g/mol. The first-order chi connectivity index (χ1) is 21.2. The number of hydrogen-bond donors (Lipinski definition) is 2. The van der Waals surface area contributed by atoms with Crippen molar-refractivity contribution < 1.29 is 0 Å². The molecule has 0 bridgehead atoms. The van der Waals surface area contributed by atoms with Gasteiger partial charge < -0.3 is 0 Å². The van der Waals surface area contributed by atoms with Gasteiger partial charge >= 0.3 is 0 Å². The fourth-order valence-electron chi connectivity index (χ4n) is 5.68. The lowest BCUT2D eigenvalue weighted by atomic mass is 9.86. The number of aryl methyl sites for hydroxylation is 2. The zero-order valence-corrected chi connectivity index (χ0v) is 28.2. The van der Waals surface area contributed by atoms with Crippen molar-refractivity contribution in [2.45, 2.75) is 78.1 Å². The smallest absolute Gasteiger partial charge is 0.0113 e. The molecule has 0 heterocycles. The van der Waals surface area contributed by atoms with Crippen LogP contribution in [0, 0.1) is 0 Å². The van der Waals surface area contributed by atoms with Crippen molar-refractivity contribution in [3.63, 3.8) is 0 Å². The largest absolute Gasteiger partial charge is 0.183 e. The molecule has 0 aliphatic heterocycles. The third-order valence-corrected chi connectivity index (χ3v) is 8.30. The Morgan fingerprint density at radius 1 is 0.558 bits per heavy atom. The quantitative estimate of drug-likeness (QED) is 0.0572. The second-order valence-corrected chi connectivity index (χ2v) is 11.5. The van der Waals surface area contributed by atoms with E-state index in [1.807, 2.05) is 6.07 Å². The Morgan fingerprint density at radius 2 is 1.09 bits per heavy atom. The fraction of sp³-hybridized carbons (Fsp3) is 0.317. The van der Waals surface area contributed by atoms with Crippen LogP contribution in [0.1, 0.15) is 87.5 Å². The van der Waals surface area contributed by atoms with E-state index in [9.17, 15) is 0 Å². The van der Waals surface area contributed by atoms with Gasteiger partial charge in [0.1, 0.15) is 0 Å². The van der Waals surface area contributed by atoms with E-state index in [1.54, 1.807) is 6.26 Å². The normalized spacial score (nSPS) is 12.2. The van der Waals surface area contributed by atoms with Gasteiger partial charge in [-0.25, -0.2) is 0 Å². The van der Waals surface area contributed by atoms with Crippen LogP contribution in [0.2, 0.25) is 0 Å². The highest BCUT2D eigenvalue weighted by Gasteiger charge is 2.14. The maximum Gasteiger partial charge on any atom is 0.0113 e. The predicted molar refractivity (Wildman–Crippen MR) is 203 cm³/mol. The number of unbranched alkanes of at least 4 members (excludes halogenated alkanes) is 6. The minimum absolute atomic E-state index is 0.992. The third-order valence-electron chi connectivity index (χ3n) is 7.89. The third kappa shape index (κ3) is 10.6. The minimum Gasteiger partial charge on any atom is -0.183 e. The highest BCUT2D eigenvalue weighted by atomic mass is 32.1. The molecule has 0 nitrogen and oxygen atoms in total. The monoisotopic (exact) mass is 606 g/mol. The molecule has 226 valence electrons. The Labute approximate surface area is 272 Å². The number of thiol groups is 2. The molecule has 2 heteroatoms. The Kier molecular flexibility index (Phi) is 16.1. The molecule has 0 spiro atoms. The van der Waals surface area contributed by atoms with Crippen molar-refractivity contribution in [1.82, 2.24) is 0 Å². The van der Waals surface area contributed by atoms with Gasteiger partial charge in [0.05, 0.1) is 0 Å². The van der Waals surface area contributed by atoms with Gasteiger partial charge in [0.15, 0.2) is 0 Å². The maximum atomic E-state index is 4.92. The van der Waals surface area contributed by atoms with Crippen LogP contribution in [0.25, 0.3) is 32.5 Å². The summed E-state index contributed by atoms with van der Waals surface area (Å²) in [5.74, 6) is 0. The van der Waals surface area contributed by atoms with Crippen molar-refractivity contribution >= 4 is 57.8 Å². The van der Waals surface area contributed by atoms with Crippen LogP contribution >= 0.6 is 25.3 Å². The van der Waals surface area contributed by atoms with Gasteiger partial charge in [-0.3, -0.25) is 0 Å². The molecule has 0 aliphatic carbocycles. The molecule has 0 radical (unpaired) electrons. The van der Waals surface area contributed by atoms with Gasteiger partial charge in [0, 0.05) is 4.91 Å². The Morgan fingerprint density at radius 3 is 1.72 bits per heavy atom. The van der Waals surface area contributed by atoms with E-state index in [4.69, 9.17) is 12.6 Å². The molecule has 0 saturated carbocycles. The average Bonchev–Trinajstić information content (AvgIpc) is 3.06. The van der Waals surface area contributed by atoms with Crippen LogP contribution in [-0.4, -0.2) is 6.26 Å². The van der Waals surface area contributed by atoms with E-state index >= 15 is 0 Å². The summed E-state index contributed by atoms with van der Waals surface area (Å²) >= 11 is 8.45. The Bertz CT molecular complexity index is 1510. The van der Waals surface area contributed by atoms with Crippen molar-refractivity contribution in [2.75, 3.05) is 6.26 Å². The van der Waals surface area contributed by atoms with Crippen molar-refractivity contribution in [3.05, 3.63) is 132 Å². The average molecular weight is 607 g/mol. The summed E-state index contributed by atoms with van der Waals surface area (Å²) in [5, 5.41) is 5.74. The van der Waals surface area contributed by atoms with Crippen molar-refractivity contribution in [1.29, 1.82) is 0 Å². The van der Waals surface area contributed by atoms with E-state index in [0.29, 0.717) is 0 Å². The standard InChI is InChI=1S/C40H46S.CH4S/c1-3-5-7-16-24-36-34-26-19-20-27-35(34)37(25-17-8-6-4-2)39-31-33(29-30-38(36)39)40(41)28-18-11-9-10-13-21-32-22-14-12-15-23-32;1-2/h9-15,18-23,26-31,41H,3-8,16-17,24-25H2,1-2H3;2H,1H3/b10-9+,18-11+,21-13+,40-28-;. The summed E-state index contributed by atoms with van der Waals surface area (Å²) < 4.78 is 0. The van der Waals surface area contributed by atoms with E-state index in [-0.39, 0.29) is 0 Å². The lowest BCUT2D eigenvalue weighted by Crippen LogP contribution is -1.98. The zero-order chi connectivity index (χ0) is 30.7. The fourth-order valence-corrected chi connectivity index (χ4v) is 5.90. The number of benzene rings is 4. The van der Waals surface area contributed by atoms with Gasteiger partial charge in [0.25, 0.3) is 0 Å². The molecule has 0 aliphatic rings. The lowest BCUT2D eigenvalue weighted by Gasteiger charge is -2.18. The predicted octanol–water partition coefficient (Wildman–Crippen LogP) is 12.9. The molecule has 0 amide bonds. The summed E-state index contributed by atoms with van der Waals surface area (Å²) in [4.78, 5) is 0.992. The Balaban J connectivity index is 0.00000248. The van der Waals surface area contributed by atoms with Gasteiger partial charge in [-0.05, 0) is 87.9 Å². The highest BCUT2D eigenvalue weighted by Crippen LogP contribution is 2.37. The first kappa shape index (κ1) is 34.5. The molecule has 0 fully saturated rings. The number of allylic oxidation sites excluding steroid dienone is 6. The summed E-state index contributed by atoms with van der Waals surface area (Å²) in [6, 6.07) is 26.5. The molecule has 0 unspecified atom stereocenters. The van der Waals surface area contributed by atoms with E-state index in [1.165, 1.54) is 95.2 Å². The van der Waals surface area contributed by atoms with Gasteiger partial charge in [-0.1, -0.05) is 156 Å². The van der Waals surface area contributed by atoms with Crippen LogP contribution in [0.5, 0.6) is 0 Å². The minimum atomic E-state index is 0.992. The SMILES string of the molecule is CCCCCCc1c2ccccc2c(CCCCCC)c2cc(/C(S)=C/C=C/C=C/C=C/c3ccccc3)ccc12.CS. The molecule has 0 aromatic heterocycles. The molecule has 0 saturated heterocycles. The van der Waals surface area contributed by atoms with Gasteiger partial charge in [-0.2, -0.15) is 12.6 Å². The van der Waals surface area contributed by atoms with Gasteiger partial charge in [-0.15, -0.1) is 12.6 Å². The number of fused-ring (bicyclic) bond motifs is 2. The number of hydrogen-bond acceptors (Lipinski definition) is 2. The summed E-state index contributed by atoms with van der Waals surface area (Å²) in [5.41, 5.74) is 5.42. The van der Waals surface area contributed by atoms with Crippen molar-refractivity contribution in [3.8, 4) is 0 Å². The zero-order valence-electron chi connectivity index (χ0n) is 26.4. The molecule has 4 aromatic carbocycles. The van der Waals surface area contributed by atoms with Crippen molar-refractivity contribution in [2.24, 2.45) is 0 Å². The lowest BCUT2D eigenvalue weighted by molar-refractivity contribution is 0.668. The number of rotatable bonds is 15. The van der Waals surface area contributed by atoms with E-state index in [2.05, 4.69) is 136 Å².